The van der Waals surface area contributed by atoms with Crippen molar-refractivity contribution in [3.63, 3.8) is 0 Å². The number of aromatic nitrogens is 4. The summed E-state index contributed by atoms with van der Waals surface area (Å²) in [7, 11) is 2.13. The molecule has 0 radical (unpaired) electrons. The molecule has 0 saturated heterocycles. The molecule has 0 amide bonds. The van der Waals surface area contributed by atoms with Crippen LogP contribution in [0.4, 0.5) is 0 Å². The Bertz CT molecular complexity index is 559. The second kappa shape index (κ2) is 7.49. The first-order valence-electron chi connectivity index (χ1n) is 8.25. The zero-order chi connectivity index (χ0) is 15.2. The molecule has 1 aliphatic rings. The molecule has 0 spiro atoms. The van der Waals surface area contributed by atoms with Gasteiger partial charge in [0.15, 0.2) is 0 Å². The first-order chi connectivity index (χ1) is 10.8. The average molecular weight is 299 g/mol. The van der Waals surface area contributed by atoms with Crippen LogP contribution in [0.25, 0.3) is 0 Å². The molecular formula is C17H25N5. The monoisotopic (exact) mass is 299 g/mol. The average Bonchev–Trinajstić information content (AvgIpc) is 2.96. The molecule has 0 aliphatic heterocycles. The summed E-state index contributed by atoms with van der Waals surface area (Å²) in [6.07, 6.45) is 12.2. The zero-order valence-electron chi connectivity index (χ0n) is 13.4. The Morgan fingerprint density at radius 3 is 2.68 bits per heavy atom. The molecule has 2 aromatic rings. The van der Waals surface area contributed by atoms with E-state index in [2.05, 4.69) is 43.8 Å². The van der Waals surface area contributed by atoms with E-state index in [0.29, 0.717) is 0 Å². The van der Waals surface area contributed by atoms with Crippen LogP contribution in [-0.2, 0) is 19.6 Å². The van der Waals surface area contributed by atoms with Crippen LogP contribution in [-0.4, -0.2) is 31.7 Å². The number of pyridine rings is 1. The van der Waals surface area contributed by atoms with E-state index in [1.807, 2.05) is 12.4 Å². The van der Waals surface area contributed by atoms with Crippen molar-refractivity contribution in [2.24, 2.45) is 5.92 Å². The van der Waals surface area contributed by atoms with E-state index < -0.39 is 0 Å². The highest BCUT2D eigenvalue weighted by molar-refractivity contribution is 5.09. The van der Waals surface area contributed by atoms with E-state index >= 15 is 0 Å². The first kappa shape index (κ1) is 15.2. The van der Waals surface area contributed by atoms with Crippen molar-refractivity contribution in [2.45, 2.75) is 51.7 Å². The van der Waals surface area contributed by atoms with Crippen molar-refractivity contribution in [3.05, 3.63) is 42.2 Å². The fraction of sp³-hybridized carbons (Fsp3) is 0.588. The highest BCUT2D eigenvalue weighted by Gasteiger charge is 2.16. The zero-order valence-corrected chi connectivity index (χ0v) is 13.4. The largest absolute Gasteiger partial charge is 0.295 e. The molecule has 0 aromatic carbocycles. The van der Waals surface area contributed by atoms with Gasteiger partial charge in [0, 0.05) is 25.5 Å². The summed E-state index contributed by atoms with van der Waals surface area (Å²) in [5.74, 6) is 1.85. The predicted molar refractivity (Wildman–Crippen MR) is 86.0 cm³/mol. The van der Waals surface area contributed by atoms with Gasteiger partial charge < -0.3 is 0 Å². The Labute approximate surface area is 132 Å². The second-order valence-corrected chi connectivity index (χ2v) is 6.39. The number of rotatable bonds is 6. The van der Waals surface area contributed by atoms with Crippen molar-refractivity contribution >= 4 is 0 Å². The Kier molecular flexibility index (Phi) is 5.16. The molecule has 1 saturated carbocycles. The molecule has 5 nitrogen and oxygen atoms in total. The van der Waals surface area contributed by atoms with Crippen LogP contribution in [0.15, 0.2) is 30.9 Å². The Morgan fingerprint density at radius 1 is 1.14 bits per heavy atom. The molecule has 5 heteroatoms. The van der Waals surface area contributed by atoms with Crippen LogP contribution in [0.3, 0.4) is 0 Å². The maximum absolute atomic E-state index is 4.46. The van der Waals surface area contributed by atoms with Crippen LogP contribution >= 0.6 is 0 Å². The highest BCUT2D eigenvalue weighted by atomic mass is 15.3. The fourth-order valence-corrected chi connectivity index (χ4v) is 3.27. The predicted octanol–water partition coefficient (Wildman–Crippen LogP) is 2.89. The summed E-state index contributed by atoms with van der Waals surface area (Å²) < 4.78 is 2.11. The molecule has 118 valence electrons. The van der Waals surface area contributed by atoms with Crippen LogP contribution in [0.5, 0.6) is 0 Å². The van der Waals surface area contributed by atoms with E-state index in [1.165, 1.54) is 37.7 Å². The molecule has 0 atom stereocenters. The maximum atomic E-state index is 4.46. The lowest BCUT2D eigenvalue weighted by atomic mass is 9.89. The molecule has 22 heavy (non-hydrogen) atoms. The Hall–Kier alpha value is -1.75. The van der Waals surface area contributed by atoms with Gasteiger partial charge in [0.25, 0.3) is 0 Å². The summed E-state index contributed by atoms with van der Waals surface area (Å²) >= 11 is 0. The molecule has 2 aromatic heterocycles. The van der Waals surface area contributed by atoms with Gasteiger partial charge in [-0.1, -0.05) is 19.3 Å². The first-order valence-corrected chi connectivity index (χ1v) is 8.25. The molecular weight excluding hydrogens is 274 g/mol. The maximum Gasteiger partial charge on any atom is 0.141 e. The number of hydrogen-bond donors (Lipinski definition) is 0. The normalized spacial score (nSPS) is 16.3. The van der Waals surface area contributed by atoms with E-state index in [-0.39, 0.29) is 0 Å². The van der Waals surface area contributed by atoms with Crippen molar-refractivity contribution in [1.82, 2.24) is 24.6 Å². The van der Waals surface area contributed by atoms with Crippen molar-refractivity contribution in [1.29, 1.82) is 0 Å². The van der Waals surface area contributed by atoms with Crippen molar-refractivity contribution < 1.29 is 0 Å². The SMILES string of the molecule is CN(Cc1ccncc1)Cc1ncnn1CC1CCCCC1. The minimum atomic E-state index is 0.778. The summed E-state index contributed by atoms with van der Waals surface area (Å²) in [4.78, 5) is 10.8. The smallest absolute Gasteiger partial charge is 0.141 e. The minimum Gasteiger partial charge on any atom is -0.295 e. The van der Waals surface area contributed by atoms with Gasteiger partial charge in [0.05, 0.1) is 6.54 Å². The van der Waals surface area contributed by atoms with E-state index in [0.717, 1.165) is 31.4 Å². The molecule has 0 unspecified atom stereocenters. The lowest BCUT2D eigenvalue weighted by Crippen LogP contribution is -2.23. The van der Waals surface area contributed by atoms with E-state index in [4.69, 9.17) is 0 Å². The lowest BCUT2D eigenvalue weighted by molar-refractivity contribution is 0.276. The molecule has 0 bridgehead atoms. The Balaban J connectivity index is 1.57. The molecule has 2 heterocycles. The topological polar surface area (TPSA) is 46.8 Å². The van der Waals surface area contributed by atoms with E-state index in [9.17, 15) is 0 Å². The third kappa shape index (κ3) is 4.13. The fourth-order valence-electron chi connectivity index (χ4n) is 3.27. The summed E-state index contributed by atoms with van der Waals surface area (Å²) in [5, 5.41) is 4.44. The molecule has 3 rings (SSSR count). The summed E-state index contributed by atoms with van der Waals surface area (Å²) in [6, 6.07) is 4.12. The van der Waals surface area contributed by atoms with Gasteiger partial charge in [-0.25, -0.2) is 9.67 Å². The van der Waals surface area contributed by atoms with Crippen LogP contribution in [0, 0.1) is 5.92 Å². The molecule has 0 N–H and O–H groups in total. The third-order valence-electron chi connectivity index (χ3n) is 4.46. The lowest BCUT2D eigenvalue weighted by Gasteiger charge is -2.23. The van der Waals surface area contributed by atoms with Crippen LogP contribution < -0.4 is 0 Å². The van der Waals surface area contributed by atoms with Gasteiger partial charge in [0.2, 0.25) is 0 Å². The minimum absolute atomic E-state index is 0.778. The van der Waals surface area contributed by atoms with Crippen LogP contribution in [0.1, 0.15) is 43.5 Å². The third-order valence-corrected chi connectivity index (χ3v) is 4.46. The quantitative estimate of drug-likeness (QED) is 0.823. The number of nitrogens with zero attached hydrogens (tertiary/aromatic N) is 5. The summed E-state index contributed by atoms with van der Waals surface area (Å²) in [5.41, 5.74) is 1.27. The van der Waals surface area contributed by atoms with Gasteiger partial charge in [-0.05, 0) is 43.5 Å². The van der Waals surface area contributed by atoms with Gasteiger partial charge in [-0.15, -0.1) is 0 Å². The van der Waals surface area contributed by atoms with Gasteiger partial charge in [0.1, 0.15) is 12.2 Å². The second-order valence-electron chi connectivity index (χ2n) is 6.39. The van der Waals surface area contributed by atoms with Gasteiger partial charge in [-0.3, -0.25) is 9.88 Å². The Morgan fingerprint density at radius 2 is 1.91 bits per heavy atom. The van der Waals surface area contributed by atoms with Gasteiger partial charge in [-0.2, -0.15) is 5.10 Å². The summed E-state index contributed by atoms with van der Waals surface area (Å²) in [6.45, 7) is 2.76. The molecule has 1 aliphatic carbocycles. The van der Waals surface area contributed by atoms with E-state index in [1.54, 1.807) is 6.33 Å². The molecule has 1 fully saturated rings. The highest BCUT2D eigenvalue weighted by Crippen LogP contribution is 2.25. The van der Waals surface area contributed by atoms with Crippen molar-refractivity contribution in [2.75, 3.05) is 7.05 Å². The van der Waals surface area contributed by atoms with Gasteiger partial charge >= 0.3 is 0 Å². The van der Waals surface area contributed by atoms with Crippen LogP contribution in [0.2, 0.25) is 0 Å². The standard InChI is InChI=1S/C17H25N5/c1-21(11-16-7-9-18-10-8-16)13-17-19-14-20-22(17)12-15-5-3-2-4-6-15/h7-10,14-15H,2-6,11-13H2,1H3. The number of hydrogen-bond acceptors (Lipinski definition) is 4. The van der Waals surface area contributed by atoms with Crippen molar-refractivity contribution in [3.8, 4) is 0 Å².